The van der Waals surface area contributed by atoms with Crippen LogP contribution in [0, 0.1) is 0 Å². The van der Waals surface area contributed by atoms with Crippen LogP contribution in [0.25, 0.3) is 0 Å². The number of amides is 1. The summed E-state index contributed by atoms with van der Waals surface area (Å²) >= 11 is 1.65. The lowest BCUT2D eigenvalue weighted by molar-refractivity contribution is -0.131. The Hall–Kier alpha value is -1.88. The molecule has 0 radical (unpaired) electrons. The molecule has 2 aromatic rings. The van der Waals surface area contributed by atoms with Crippen LogP contribution in [0.1, 0.15) is 17.7 Å². The van der Waals surface area contributed by atoms with Crippen molar-refractivity contribution in [2.24, 2.45) is 0 Å². The number of hydrogen-bond donors (Lipinski definition) is 1. The van der Waals surface area contributed by atoms with E-state index in [9.17, 15) is 4.79 Å². The lowest BCUT2D eigenvalue weighted by Gasteiger charge is -2.32. The molecule has 21 heavy (non-hydrogen) atoms. The molecule has 5 heteroatoms. The summed E-state index contributed by atoms with van der Waals surface area (Å²) in [5, 5.41) is 5.51. The number of pyridine rings is 1. The van der Waals surface area contributed by atoms with Crippen LogP contribution in [0.3, 0.4) is 0 Å². The summed E-state index contributed by atoms with van der Waals surface area (Å²) in [6, 6.07) is 8.42. The van der Waals surface area contributed by atoms with E-state index in [2.05, 4.69) is 10.3 Å². The van der Waals surface area contributed by atoms with E-state index in [1.54, 1.807) is 17.5 Å². The highest BCUT2D eigenvalue weighted by Crippen LogP contribution is 2.17. The highest BCUT2D eigenvalue weighted by atomic mass is 32.1. The second-order valence-corrected chi connectivity index (χ2v) is 6.33. The Morgan fingerprint density at radius 1 is 1.33 bits per heavy atom. The van der Waals surface area contributed by atoms with Crippen LogP contribution in [-0.4, -0.2) is 34.9 Å². The third kappa shape index (κ3) is 3.82. The van der Waals surface area contributed by atoms with E-state index < -0.39 is 0 Å². The van der Waals surface area contributed by atoms with Crippen LogP contribution in [0.2, 0.25) is 0 Å². The molecule has 0 aliphatic carbocycles. The summed E-state index contributed by atoms with van der Waals surface area (Å²) in [6.45, 7) is 1.67. The molecule has 1 aliphatic rings. The Balaban J connectivity index is 1.47. The summed E-state index contributed by atoms with van der Waals surface area (Å²) in [6.07, 6.45) is 6.14. The van der Waals surface area contributed by atoms with E-state index >= 15 is 0 Å². The number of aromatic nitrogens is 1. The maximum absolute atomic E-state index is 12.2. The molecular weight excluding hydrogens is 282 g/mol. The van der Waals surface area contributed by atoms with Crippen LogP contribution in [-0.2, 0) is 11.2 Å². The van der Waals surface area contributed by atoms with Gasteiger partial charge in [0.25, 0.3) is 0 Å². The minimum absolute atomic E-state index is 0.247. The normalized spacial score (nSPS) is 15.9. The van der Waals surface area contributed by atoms with Gasteiger partial charge in [0.1, 0.15) is 0 Å². The molecule has 1 fully saturated rings. The Kier molecular flexibility index (Phi) is 4.50. The van der Waals surface area contributed by atoms with Crippen molar-refractivity contribution in [2.75, 3.05) is 18.4 Å². The van der Waals surface area contributed by atoms with Gasteiger partial charge in [-0.05, 0) is 36.4 Å². The van der Waals surface area contributed by atoms with Gasteiger partial charge in [-0.3, -0.25) is 9.78 Å². The molecule has 0 aromatic carbocycles. The van der Waals surface area contributed by atoms with E-state index in [0.717, 1.165) is 36.5 Å². The number of carbonyl (C=O) groups is 1. The predicted molar refractivity (Wildman–Crippen MR) is 85.5 cm³/mol. The average molecular weight is 301 g/mol. The molecule has 0 bridgehead atoms. The van der Waals surface area contributed by atoms with Crippen molar-refractivity contribution >= 4 is 22.9 Å². The molecule has 3 heterocycles. The Morgan fingerprint density at radius 3 is 2.86 bits per heavy atom. The van der Waals surface area contributed by atoms with Crippen LogP contribution in [0.15, 0.2) is 42.0 Å². The number of likely N-dealkylation sites (tertiary alicyclic amines) is 1. The molecule has 0 spiro atoms. The second kappa shape index (κ2) is 6.72. The number of carbonyl (C=O) groups excluding carboxylic acids is 1. The average Bonchev–Trinajstić information content (AvgIpc) is 3.02. The molecule has 1 amide bonds. The molecular formula is C16H19N3OS. The first-order valence-corrected chi connectivity index (χ1v) is 8.16. The van der Waals surface area contributed by atoms with Crippen LogP contribution in [0.5, 0.6) is 0 Å². The van der Waals surface area contributed by atoms with Gasteiger partial charge in [-0.1, -0.05) is 6.07 Å². The minimum atomic E-state index is 0.247. The molecule has 110 valence electrons. The molecule has 1 aliphatic heterocycles. The van der Waals surface area contributed by atoms with Crippen molar-refractivity contribution in [2.45, 2.75) is 25.3 Å². The SMILES string of the molecule is O=C(Cc1cccs1)N1CCC(Nc2cccnc2)CC1. The van der Waals surface area contributed by atoms with E-state index in [1.807, 2.05) is 40.7 Å². The van der Waals surface area contributed by atoms with Crippen LogP contribution < -0.4 is 5.32 Å². The smallest absolute Gasteiger partial charge is 0.227 e. The summed E-state index contributed by atoms with van der Waals surface area (Å²) in [4.78, 5) is 19.5. The third-order valence-electron chi connectivity index (χ3n) is 3.79. The van der Waals surface area contributed by atoms with Crippen molar-refractivity contribution in [3.63, 3.8) is 0 Å². The van der Waals surface area contributed by atoms with Crippen molar-refractivity contribution in [3.05, 3.63) is 46.9 Å². The monoisotopic (exact) mass is 301 g/mol. The zero-order valence-electron chi connectivity index (χ0n) is 11.9. The molecule has 0 unspecified atom stereocenters. The van der Waals surface area contributed by atoms with Crippen LogP contribution in [0.4, 0.5) is 5.69 Å². The van der Waals surface area contributed by atoms with Gasteiger partial charge in [-0.25, -0.2) is 0 Å². The predicted octanol–water partition coefficient (Wildman–Crippen LogP) is 2.79. The summed E-state index contributed by atoms with van der Waals surface area (Å²) in [7, 11) is 0. The first-order chi connectivity index (χ1) is 10.3. The van der Waals surface area contributed by atoms with Crippen molar-refractivity contribution in [1.29, 1.82) is 0 Å². The lowest BCUT2D eigenvalue weighted by Crippen LogP contribution is -2.42. The molecule has 1 saturated heterocycles. The number of nitrogens with one attached hydrogen (secondary N) is 1. The van der Waals surface area contributed by atoms with Gasteiger partial charge in [0.15, 0.2) is 0 Å². The number of rotatable bonds is 4. The minimum Gasteiger partial charge on any atom is -0.381 e. The van der Waals surface area contributed by atoms with Gasteiger partial charge in [0.05, 0.1) is 12.1 Å². The van der Waals surface area contributed by atoms with Gasteiger partial charge in [-0.15, -0.1) is 11.3 Å². The molecule has 0 saturated carbocycles. The lowest BCUT2D eigenvalue weighted by atomic mass is 10.0. The van der Waals surface area contributed by atoms with Crippen molar-refractivity contribution < 1.29 is 4.79 Å². The van der Waals surface area contributed by atoms with Crippen molar-refractivity contribution in [3.8, 4) is 0 Å². The van der Waals surface area contributed by atoms with E-state index in [1.165, 1.54) is 0 Å². The zero-order chi connectivity index (χ0) is 14.5. The highest BCUT2D eigenvalue weighted by Gasteiger charge is 2.22. The van der Waals surface area contributed by atoms with Gasteiger partial charge in [-0.2, -0.15) is 0 Å². The standard InChI is InChI=1S/C16H19N3OS/c20-16(11-15-4-2-10-21-15)19-8-5-13(6-9-19)18-14-3-1-7-17-12-14/h1-4,7,10,12-13,18H,5-6,8-9,11H2. The quantitative estimate of drug-likeness (QED) is 0.944. The van der Waals surface area contributed by atoms with Gasteiger partial charge < -0.3 is 10.2 Å². The maximum atomic E-state index is 12.2. The summed E-state index contributed by atoms with van der Waals surface area (Å²) in [5.41, 5.74) is 1.06. The fourth-order valence-electron chi connectivity index (χ4n) is 2.63. The summed E-state index contributed by atoms with van der Waals surface area (Å²) < 4.78 is 0. The first-order valence-electron chi connectivity index (χ1n) is 7.28. The molecule has 2 aromatic heterocycles. The fraction of sp³-hybridized carbons (Fsp3) is 0.375. The molecule has 3 rings (SSSR count). The van der Waals surface area contributed by atoms with E-state index in [-0.39, 0.29) is 5.91 Å². The first kappa shape index (κ1) is 14.1. The molecule has 1 N–H and O–H groups in total. The highest BCUT2D eigenvalue weighted by molar-refractivity contribution is 7.10. The van der Waals surface area contributed by atoms with E-state index in [4.69, 9.17) is 0 Å². The number of hydrogen-bond acceptors (Lipinski definition) is 4. The number of nitrogens with zero attached hydrogens (tertiary/aromatic N) is 2. The third-order valence-corrected chi connectivity index (χ3v) is 4.66. The number of anilines is 1. The van der Waals surface area contributed by atoms with Gasteiger partial charge >= 0.3 is 0 Å². The van der Waals surface area contributed by atoms with Gasteiger partial charge in [0, 0.05) is 36.4 Å². The number of thiophene rings is 1. The zero-order valence-corrected chi connectivity index (χ0v) is 12.7. The Labute approximate surface area is 128 Å². The Morgan fingerprint density at radius 2 is 2.19 bits per heavy atom. The maximum Gasteiger partial charge on any atom is 0.227 e. The number of piperidine rings is 1. The second-order valence-electron chi connectivity index (χ2n) is 5.30. The van der Waals surface area contributed by atoms with E-state index in [0.29, 0.717) is 12.5 Å². The molecule has 0 atom stereocenters. The van der Waals surface area contributed by atoms with Crippen LogP contribution >= 0.6 is 11.3 Å². The van der Waals surface area contributed by atoms with Crippen molar-refractivity contribution in [1.82, 2.24) is 9.88 Å². The largest absolute Gasteiger partial charge is 0.381 e. The Bertz CT molecular complexity index is 562. The fourth-order valence-corrected chi connectivity index (χ4v) is 3.33. The summed E-state index contributed by atoms with van der Waals surface area (Å²) in [5.74, 6) is 0.247. The van der Waals surface area contributed by atoms with Gasteiger partial charge in [0.2, 0.25) is 5.91 Å². The molecule has 4 nitrogen and oxygen atoms in total. The topological polar surface area (TPSA) is 45.2 Å².